The molecule has 0 radical (unpaired) electrons. The number of fused-ring (bicyclic) bond motifs is 1. The highest BCUT2D eigenvalue weighted by Crippen LogP contribution is 2.31. The van der Waals surface area contributed by atoms with E-state index in [1.54, 1.807) is 24.3 Å². The maximum atomic E-state index is 12.9. The third kappa shape index (κ3) is 5.18. The van der Waals surface area contributed by atoms with Crippen LogP contribution in [0.1, 0.15) is 36.2 Å². The van der Waals surface area contributed by atoms with E-state index in [1.807, 2.05) is 0 Å². The molecular formula is C22H25F3N4O. The molecule has 1 heterocycles. The van der Waals surface area contributed by atoms with E-state index in [0.717, 1.165) is 38.2 Å². The van der Waals surface area contributed by atoms with E-state index < -0.39 is 11.7 Å². The predicted molar refractivity (Wildman–Crippen MR) is 111 cm³/mol. The summed E-state index contributed by atoms with van der Waals surface area (Å²) in [5.41, 5.74) is 1.26. The van der Waals surface area contributed by atoms with Crippen LogP contribution in [0, 0.1) is 0 Å². The first-order chi connectivity index (χ1) is 14.3. The third-order valence-electron chi connectivity index (χ3n) is 5.06. The molecule has 0 fully saturated rings. The van der Waals surface area contributed by atoms with Gasteiger partial charge in [-0.25, -0.2) is 4.98 Å². The molecule has 0 aliphatic carbocycles. The fourth-order valence-electron chi connectivity index (χ4n) is 3.25. The van der Waals surface area contributed by atoms with Crippen LogP contribution in [-0.4, -0.2) is 47.0 Å². The molecule has 2 aromatic carbocycles. The molecule has 0 saturated heterocycles. The van der Waals surface area contributed by atoms with Crippen LogP contribution >= 0.6 is 0 Å². The number of hydrogen-bond donors (Lipinski definition) is 2. The quantitative estimate of drug-likeness (QED) is 0.521. The van der Waals surface area contributed by atoms with Crippen molar-refractivity contribution in [3.63, 3.8) is 0 Å². The Labute approximate surface area is 173 Å². The number of imidazole rings is 1. The lowest BCUT2D eigenvalue weighted by molar-refractivity contribution is -0.137. The van der Waals surface area contributed by atoms with Crippen molar-refractivity contribution in [1.82, 2.24) is 20.2 Å². The summed E-state index contributed by atoms with van der Waals surface area (Å²) >= 11 is 0. The van der Waals surface area contributed by atoms with E-state index >= 15 is 0 Å². The molecule has 3 aromatic rings. The van der Waals surface area contributed by atoms with Crippen molar-refractivity contribution < 1.29 is 18.0 Å². The number of hydrogen-bond acceptors (Lipinski definition) is 3. The molecule has 0 aliphatic rings. The molecule has 3 rings (SSSR count). The van der Waals surface area contributed by atoms with Crippen LogP contribution in [0.15, 0.2) is 42.5 Å². The van der Waals surface area contributed by atoms with E-state index in [2.05, 4.69) is 34.0 Å². The number of H-pyrrole nitrogens is 1. The number of carbonyl (C=O) groups is 1. The van der Waals surface area contributed by atoms with Crippen molar-refractivity contribution in [2.45, 2.75) is 26.4 Å². The zero-order valence-electron chi connectivity index (χ0n) is 17.0. The van der Waals surface area contributed by atoms with Crippen molar-refractivity contribution in [3.8, 4) is 11.4 Å². The van der Waals surface area contributed by atoms with Crippen LogP contribution < -0.4 is 5.32 Å². The Morgan fingerprint density at radius 2 is 1.80 bits per heavy atom. The van der Waals surface area contributed by atoms with Gasteiger partial charge in [0, 0.05) is 17.7 Å². The summed E-state index contributed by atoms with van der Waals surface area (Å²) < 4.78 is 38.6. The minimum absolute atomic E-state index is 0.152. The number of amides is 1. The minimum Gasteiger partial charge on any atom is -0.352 e. The Balaban J connectivity index is 1.64. The van der Waals surface area contributed by atoms with E-state index in [1.165, 1.54) is 6.07 Å². The smallest absolute Gasteiger partial charge is 0.352 e. The Kier molecular flexibility index (Phi) is 6.77. The lowest BCUT2D eigenvalue weighted by atomic mass is 10.1. The van der Waals surface area contributed by atoms with Gasteiger partial charge in [0.05, 0.1) is 16.6 Å². The summed E-state index contributed by atoms with van der Waals surface area (Å²) in [4.78, 5) is 21.9. The molecule has 0 bridgehead atoms. The molecule has 0 atom stereocenters. The van der Waals surface area contributed by atoms with E-state index in [-0.39, 0.29) is 5.91 Å². The third-order valence-corrected chi connectivity index (χ3v) is 5.06. The van der Waals surface area contributed by atoms with E-state index in [9.17, 15) is 18.0 Å². The number of carbonyl (C=O) groups excluding carboxylic acids is 1. The van der Waals surface area contributed by atoms with Gasteiger partial charge in [-0.15, -0.1) is 0 Å². The summed E-state index contributed by atoms with van der Waals surface area (Å²) in [5, 5.41) is 2.91. The van der Waals surface area contributed by atoms with Crippen molar-refractivity contribution >= 4 is 16.9 Å². The minimum atomic E-state index is -4.40. The Morgan fingerprint density at radius 1 is 1.10 bits per heavy atom. The second-order valence-corrected chi connectivity index (χ2v) is 7.03. The zero-order chi connectivity index (χ0) is 21.7. The summed E-state index contributed by atoms with van der Waals surface area (Å²) in [7, 11) is 0. The molecule has 1 amide bonds. The number of benzene rings is 2. The predicted octanol–water partition coefficient (Wildman–Crippen LogP) is 4.71. The van der Waals surface area contributed by atoms with Crippen LogP contribution in [0.25, 0.3) is 22.4 Å². The average Bonchev–Trinajstić information content (AvgIpc) is 3.16. The van der Waals surface area contributed by atoms with E-state index in [0.29, 0.717) is 34.5 Å². The first-order valence-electron chi connectivity index (χ1n) is 9.99. The monoisotopic (exact) mass is 418 g/mol. The zero-order valence-corrected chi connectivity index (χ0v) is 17.0. The standard InChI is InChI=1S/C22H25F3N4O/c1-3-29(4-2)13-5-12-26-21(30)16-8-6-15(7-9-16)20-27-18-11-10-17(22(23,24)25)14-19(18)28-20/h6-11,14H,3-5,12-13H2,1-2H3,(H,26,30)(H,27,28). The normalized spacial score (nSPS) is 11.9. The number of alkyl halides is 3. The van der Waals surface area contributed by atoms with Crippen LogP contribution in [0.3, 0.4) is 0 Å². The van der Waals surface area contributed by atoms with Crippen molar-refractivity contribution in [1.29, 1.82) is 0 Å². The van der Waals surface area contributed by atoms with Crippen molar-refractivity contribution in [3.05, 3.63) is 53.6 Å². The fraction of sp³-hybridized carbons (Fsp3) is 0.364. The molecule has 8 heteroatoms. The van der Waals surface area contributed by atoms with Gasteiger partial charge in [0.1, 0.15) is 5.82 Å². The number of aromatic nitrogens is 2. The van der Waals surface area contributed by atoms with Crippen LogP contribution in [0.5, 0.6) is 0 Å². The maximum Gasteiger partial charge on any atom is 0.416 e. The molecule has 1 aromatic heterocycles. The molecular weight excluding hydrogens is 393 g/mol. The molecule has 0 saturated carbocycles. The Bertz CT molecular complexity index is 992. The second-order valence-electron chi connectivity index (χ2n) is 7.03. The SMILES string of the molecule is CCN(CC)CCCNC(=O)c1ccc(-c2nc3ccc(C(F)(F)F)cc3[nH]2)cc1. The van der Waals surface area contributed by atoms with E-state index in [4.69, 9.17) is 0 Å². The highest BCUT2D eigenvalue weighted by Gasteiger charge is 2.30. The summed E-state index contributed by atoms with van der Waals surface area (Å²) in [6, 6.07) is 10.2. The molecule has 30 heavy (non-hydrogen) atoms. The highest BCUT2D eigenvalue weighted by molar-refractivity contribution is 5.94. The van der Waals surface area contributed by atoms with Gasteiger partial charge in [0.25, 0.3) is 5.91 Å². The van der Waals surface area contributed by atoms with Gasteiger partial charge in [0.15, 0.2) is 0 Å². The van der Waals surface area contributed by atoms with Gasteiger partial charge in [-0.2, -0.15) is 13.2 Å². The molecule has 5 nitrogen and oxygen atoms in total. The summed E-state index contributed by atoms with van der Waals surface area (Å²) in [6.07, 6.45) is -3.52. The Hall–Kier alpha value is -2.87. The molecule has 0 unspecified atom stereocenters. The van der Waals surface area contributed by atoms with Gasteiger partial charge in [0.2, 0.25) is 0 Å². The molecule has 2 N–H and O–H groups in total. The van der Waals surface area contributed by atoms with Crippen LogP contribution in [0.4, 0.5) is 13.2 Å². The van der Waals surface area contributed by atoms with Crippen molar-refractivity contribution in [2.75, 3.05) is 26.2 Å². The highest BCUT2D eigenvalue weighted by atomic mass is 19.4. The maximum absolute atomic E-state index is 12.9. The van der Waals surface area contributed by atoms with Crippen LogP contribution in [0.2, 0.25) is 0 Å². The van der Waals surface area contributed by atoms with Gasteiger partial charge < -0.3 is 15.2 Å². The molecule has 160 valence electrons. The fourth-order valence-corrected chi connectivity index (χ4v) is 3.25. The number of nitrogens with one attached hydrogen (secondary N) is 2. The number of nitrogens with zero attached hydrogens (tertiary/aromatic N) is 2. The van der Waals surface area contributed by atoms with Crippen molar-refractivity contribution in [2.24, 2.45) is 0 Å². The number of rotatable bonds is 8. The van der Waals surface area contributed by atoms with Gasteiger partial charge >= 0.3 is 6.18 Å². The summed E-state index contributed by atoms with van der Waals surface area (Å²) in [5.74, 6) is 0.302. The largest absolute Gasteiger partial charge is 0.416 e. The average molecular weight is 418 g/mol. The number of aromatic amines is 1. The number of halogens is 3. The second kappa shape index (κ2) is 9.30. The lowest BCUT2D eigenvalue weighted by Crippen LogP contribution is -2.29. The summed E-state index contributed by atoms with van der Waals surface area (Å²) in [6.45, 7) is 7.74. The first kappa shape index (κ1) is 21.8. The molecule has 0 spiro atoms. The van der Waals surface area contributed by atoms with Gasteiger partial charge in [-0.05, 0) is 56.4 Å². The topological polar surface area (TPSA) is 61.0 Å². The Morgan fingerprint density at radius 3 is 2.43 bits per heavy atom. The van der Waals surface area contributed by atoms with Gasteiger partial charge in [-0.1, -0.05) is 26.0 Å². The first-order valence-corrected chi connectivity index (χ1v) is 9.99. The molecule has 0 aliphatic heterocycles. The van der Waals surface area contributed by atoms with Crippen LogP contribution in [-0.2, 0) is 6.18 Å². The lowest BCUT2D eigenvalue weighted by Gasteiger charge is -2.17. The van der Waals surface area contributed by atoms with Gasteiger partial charge in [-0.3, -0.25) is 4.79 Å².